The van der Waals surface area contributed by atoms with Crippen LogP contribution < -0.4 is 10.6 Å². The van der Waals surface area contributed by atoms with Crippen LogP contribution in [0.5, 0.6) is 0 Å². The molecule has 0 bridgehead atoms. The van der Waals surface area contributed by atoms with E-state index in [2.05, 4.69) is 6.92 Å². The van der Waals surface area contributed by atoms with Crippen molar-refractivity contribution in [3.63, 3.8) is 0 Å². The average Bonchev–Trinajstić information content (AvgIpc) is 2.46. The van der Waals surface area contributed by atoms with Crippen LogP contribution >= 0.6 is 17.7 Å². The summed E-state index contributed by atoms with van der Waals surface area (Å²) in [7, 11) is 0. The number of benzene rings is 2. The SMILES string of the molecule is CCCSP(=O)(c1ccccc1)c1ccccc1. The van der Waals surface area contributed by atoms with Crippen molar-refractivity contribution in [3.05, 3.63) is 60.7 Å². The Morgan fingerprint density at radius 1 is 0.889 bits per heavy atom. The molecule has 1 nitrogen and oxygen atoms in total. The summed E-state index contributed by atoms with van der Waals surface area (Å²) in [5.74, 6) is 0.918. The van der Waals surface area contributed by atoms with E-state index in [-0.39, 0.29) is 0 Å². The first-order valence-corrected chi connectivity index (χ1v) is 9.43. The first-order valence-electron chi connectivity index (χ1n) is 6.13. The van der Waals surface area contributed by atoms with E-state index < -0.39 is 6.34 Å². The fourth-order valence-electron chi connectivity index (χ4n) is 1.77. The minimum Gasteiger partial charge on any atom is -0.302 e. The Morgan fingerprint density at radius 3 is 1.72 bits per heavy atom. The van der Waals surface area contributed by atoms with Crippen molar-refractivity contribution in [1.82, 2.24) is 0 Å². The van der Waals surface area contributed by atoms with Crippen LogP contribution in [0.1, 0.15) is 13.3 Å². The summed E-state index contributed by atoms with van der Waals surface area (Å²) in [5, 5.41) is 1.88. The highest BCUT2D eigenvalue weighted by Crippen LogP contribution is 2.56. The summed E-state index contributed by atoms with van der Waals surface area (Å²) in [4.78, 5) is 0. The Labute approximate surface area is 113 Å². The monoisotopic (exact) mass is 276 g/mol. The van der Waals surface area contributed by atoms with Gasteiger partial charge in [0.1, 0.15) is 0 Å². The quantitative estimate of drug-likeness (QED) is 0.766. The molecule has 94 valence electrons. The molecule has 0 aliphatic heterocycles. The third kappa shape index (κ3) is 2.88. The maximum Gasteiger partial charge on any atom is 0.195 e. The van der Waals surface area contributed by atoms with Crippen molar-refractivity contribution < 1.29 is 4.57 Å². The van der Waals surface area contributed by atoms with Crippen molar-refractivity contribution in [1.29, 1.82) is 0 Å². The fourth-order valence-corrected chi connectivity index (χ4v) is 6.88. The van der Waals surface area contributed by atoms with E-state index in [9.17, 15) is 4.57 Å². The van der Waals surface area contributed by atoms with Gasteiger partial charge in [0, 0.05) is 16.4 Å². The lowest BCUT2D eigenvalue weighted by Crippen LogP contribution is -2.13. The van der Waals surface area contributed by atoms with Gasteiger partial charge in [0.25, 0.3) is 0 Å². The predicted octanol–water partition coefficient (Wildman–Crippen LogP) is 4.06. The molecule has 0 N–H and O–H groups in total. The van der Waals surface area contributed by atoms with Gasteiger partial charge in [-0.2, -0.15) is 0 Å². The van der Waals surface area contributed by atoms with E-state index in [0.29, 0.717) is 0 Å². The first kappa shape index (κ1) is 13.5. The van der Waals surface area contributed by atoms with Crippen LogP contribution in [-0.2, 0) is 4.57 Å². The van der Waals surface area contributed by atoms with Gasteiger partial charge in [-0.05, 0) is 6.42 Å². The molecule has 0 aliphatic rings. The minimum absolute atomic E-state index is 0.918. The Morgan fingerprint density at radius 2 is 1.33 bits per heavy atom. The number of rotatable bonds is 5. The van der Waals surface area contributed by atoms with E-state index in [1.807, 2.05) is 60.7 Å². The van der Waals surface area contributed by atoms with Gasteiger partial charge in [0.15, 0.2) is 6.34 Å². The van der Waals surface area contributed by atoms with Gasteiger partial charge in [0.2, 0.25) is 0 Å². The minimum atomic E-state index is -2.52. The number of hydrogen-bond acceptors (Lipinski definition) is 2. The molecule has 0 aromatic heterocycles. The van der Waals surface area contributed by atoms with Gasteiger partial charge < -0.3 is 4.57 Å². The molecule has 0 heterocycles. The molecule has 0 aliphatic carbocycles. The second-order valence-corrected chi connectivity index (χ2v) is 9.18. The van der Waals surface area contributed by atoms with Gasteiger partial charge in [-0.25, -0.2) is 0 Å². The summed E-state index contributed by atoms with van der Waals surface area (Å²) < 4.78 is 13.3. The molecular formula is C15H17OPS. The van der Waals surface area contributed by atoms with Gasteiger partial charge in [-0.1, -0.05) is 79.0 Å². The molecular weight excluding hydrogens is 259 g/mol. The fraction of sp³-hybridized carbons (Fsp3) is 0.200. The summed E-state index contributed by atoms with van der Waals surface area (Å²) in [6, 6.07) is 19.6. The Balaban J connectivity index is 2.45. The Bertz CT molecular complexity index is 481. The van der Waals surface area contributed by atoms with Crippen LogP contribution in [0.15, 0.2) is 60.7 Å². The second kappa shape index (κ2) is 6.26. The molecule has 0 unspecified atom stereocenters. The maximum absolute atomic E-state index is 13.3. The Kier molecular flexibility index (Phi) is 4.68. The molecule has 0 radical (unpaired) electrons. The highest BCUT2D eigenvalue weighted by molar-refractivity contribution is 8.62. The van der Waals surface area contributed by atoms with Gasteiger partial charge in [-0.3, -0.25) is 0 Å². The van der Waals surface area contributed by atoms with Gasteiger partial charge in [-0.15, -0.1) is 0 Å². The van der Waals surface area contributed by atoms with E-state index in [4.69, 9.17) is 0 Å². The summed E-state index contributed by atoms with van der Waals surface area (Å²) in [5.41, 5.74) is 0. The lowest BCUT2D eigenvalue weighted by atomic mass is 10.4. The van der Waals surface area contributed by atoms with E-state index in [1.165, 1.54) is 0 Å². The predicted molar refractivity (Wildman–Crippen MR) is 82.5 cm³/mol. The zero-order valence-electron chi connectivity index (χ0n) is 10.5. The molecule has 0 spiro atoms. The van der Waals surface area contributed by atoms with Crippen LogP contribution in [0, 0.1) is 0 Å². The van der Waals surface area contributed by atoms with Crippen LogP contribution in [0.4, 0.5) is 0 Å². The van der Waals surface area contributed by atoms with Gasteiger partial charge in [0.05, 0.1) is 0 Å². The third-order valence-electron chi connectivity index (χ3n) is 2.67. The zero-order valence-corrected chi connectivity index (χ0v) is 12.2. The van der Waals surface area contributed by atoms with E-state index in [1.54, 1.807) is 11.4 Å². The van der Waals surface area contributed by atoms with Crippen LogP contribution in [0.2, 0.25) is 0 Å². The number of hydrogen-bond donors (Lipinski definition) is 0. The lowest BCUT2D eigenvalue weighted by molar-refractivity contribution is 0.595. The largest absolute Gasteiger partial charge is 0.302 e. The van der Waals surface area contributed by atoms with Gasteiger partial charge >= 0.3 is 0 Å². The maximum atomic E-state index is 13.3. The molecule has 2 aromatic rings. The summed E-state index contributed by atoms with van der Waals surface area (Å²) in [6.07, 6.45) is -1.49. The van der Waals surface area contributed by atoms with Crippen molar-refractivity contribution in [2.75, 3.05) is 5.75 Å². The average molecular weight is 276 g/mol. The van der Waals surface area contributed by atoms with Crippen LogP contribution in [-0.4, -0.2) is 5.75 Å². The standard InChI is InChI=1S/C15H17OPS/c1-2-13-18-17(16,14-9-5-3-6-10-14)15-11-7-4-8-12-15/h3-12H,2,13H2,1H3. The normalized spacial score (nSPS) is 11.4. The molecule has 3 heteroatoms. The molecule has 0 saturated carbocycles. The van der Waals surface area contributed by atoms with E-state index in [0.717, 1.165) is 22.8 Å². The summed E-state index contributed by atoms with van der Waals surface area (Å²) in [6.45, 7) is 2.12. The van der Waals surface area contributed by atoms with E-state index >= 15 is 0 Å². The summed E-state index contributed by atoms with van der Waals surface area (Å²) >= 11 is 1.59. The molecule has 0 fully saturated rings. The first-order chi connectivity index (χ1) is 8.77. The van der Waals surface area contributed by atoms with Crippen LogP contribution in [0.25, 0.3) is 0 Å². The van der Waals surface area contributed by atoms with Crippen molar-refractivity contribution in [2.45, 2.75) is 13.3 Å². The highest BCUT2D eigenvalue weighted by atomic mass is 32.7. The van der Waals surface area contributed by atoms with Crippen molar-refractivity contribution in [3.8, 4) is 0 Å². The molecule has 0 saturated heterocycles. The molecule has 0 amide bonds. The highest BCUT2D eigenvalue weighted by Gasteiger charge is 2.26. The zero-order chi connectivity index (χ0) is 12.8. The molecule has 18 heavy (non-hydrogen) atoms. The Hall–Kier alpha value is -0.980. The smallest absolute Gasteiger partial charge is 0.195 e. The molecule has 2 rings (SSSR count). The third-order valence-corrected chi connectivity index (χ3v) is 8.48. The topological polar surface area (TPSA) is 17.1 Å². The second-order valence-electron chi connectivity index (χ2n) is 4.06. The molecule has 0 atom stereocenters. The van der Waals surface area contributed by atoms with Crippen LogP contribution in [0.3, 0.4) is 0 Å². The van der Waals surface area contributed by atoms with Crippen molar-refractivity contribution >= 4 is 28.3 Å². The lowest BCUT2D eigenvalue weighted by Gasteiger charge is -2.18. The van der Waals surface area contributed by atoms with Crippen molar-refractivity contribution in [2.24, 2.45) is 0 Å². The molecule has 2 aromatic carbocycles.